The van der Waals surface area contributed by atoms with Gasteiger partial charge in [-0.3, -0.25) is 4.79 Å². The van der Waals surface area contributed by atoms with Gasteiger partial charge in [-0.1, -0.05) is 18.2 Å². The molecule has 29 heavy (non-hydrogen) atoms. The van der Waals surface area contributed by atoms with Gasteiger partial charge in [0.15, 0.2) is 6.10 Å². The molecule has 1 atom stereocenters. The van der Waals surface area contributed by atoms with Crippen molar-refractivity contribution in [3.63, 3.8) is 0 Å². The summed E-state index contributed by atoms with van der Waals surface area (Å²) < 4.78 is 5.70. The second-order valence-corrected chi connectivity index (χ2v) is 7.59. The monoisotopic (exact) mass is 405 g/mol. The minimum atomic E-state index is -1.11. The summed E-state index contributed by atoms with van der Waals surface area (Å²) in [5.74, 6) is -0.795. The number of rotatable bonds is 4. The van der Waals surface area contributed by atoms with E-state index in [1.807, 2.05) is 36.4 Å². The van der Waals surface area contributed by atoms with Gasteiger partial charge in [0.1, 0.15) is 17.0 Å². The first kappa shape index (κ1) is 17.4. The van der Waals surface area contributed by atoms with Crippen molar-refractivity contribution in [3.8, 4) is 16.2 Å². The first-order valence-electron chi connectivity index (χ1n) is 8.94. The predicted octanol–water partition coefficient (Wildman–Crippen LogP) is 3.93. The van der Waals surface area contributed by atoms with Crippen molar-refractivity contribution in [2.75, 3.05) is 5.32 Å². The predicted molar refractivity (Wildman–Crippen MR) is 110 cm³/mol. The smallest absolute Gasteiger partial charge is 0.339 e. The lowest BCUT2D eigenvalue weighted by atomic mass is 10.1. The maximum atomic E-state index is 12.7. The van der Waals surface area contributed by atoms with Crippen molar-refractivity contribution in [1.82, 2.24) is 9.97 Å². The lowest BCUT2D eigenvalue weighted by Gasteiger charge is -2.11. The molecule has 0 fully saturated rings. The number of aromatic amines is 1. The van der Waals surface area contributed by atoms with E-state index >= 15 is 0 Å². The van der Waals surface area contributed by atoms with Crippen molar-refractivity contribution in [1.29, 1.82) is 0 Å². The molecule has 1 aromatic carbocycles. The summed E-state index contributed by atoms with van der Waals surface area (Å²) in [7, 11) is 0. The van der Waals surface area contributed by atoms with E-state index in [-0.39, 0.29) is 17.2 Å². The molecule has 0 saturated carbocycles. The zero-order valence-electron chi connectivity index (χ0n) is 15.0. The number of thiophene rings is 1. The molecule has 4 heterocycles. The number of hydrogen-bond acceptors (Lipinski definition) is 5. The number of hydrogen-bond donors (Lipinski definition) is 3. The number of amides is 1. The van der Waals surface area contributed by atoms with E-state index in [9.17, 15) is 14.7 Å². The number of carboxylic acids is 1. The van der Waals surface area contributed by atoms with Gasteiger partial charge in [-0.05, 0) is 23.8 Å². The minimum absolute atomic E-state index is 0.0514. The standard InChI is InChI=1S/C21H15N3O4S/c25-20(16-8-11-3-1-2-4-15(11)28-16)24-14-10-29-18(17(14)21(26)27)13-7-12-5-6-22-19(12)23-9-13/h1-7,9-10,16H,8H2,(H,22,23)(H,24,25)(H,26,27). The number of ether oxygens (including phenoxy) is 1. The quantitative estimate of drug-likeness (QED) is 0.477. The topological polar surface area (TPSA) is 104 Å². The fraction of sp³-hybridized carbons (Fsp3) is 0.0952. The minimum Gasteiger partial charge on any atom is -0.480 e. The van der Waals surface area contributed by atoms with Crippen LogP contribution in [0.4, 0.5) is 5.69 Å². The molecule has 7 nitrogen and oxygen atoms in total. The Balaban J connectivity index is 1.44. The lowest BCUT2D eigenvalue weighted by Crippen LogP contribution is -2.31. The number of aromatic carboxylic acids is 1. The Kier molecular flexibility index (Phi) is 4.06. The Bertz CT molecular complexity index is 1230. The van der Waals surface area contributed by atoms with Crippen LogP contribution in [0.15, 0.2) is 54.2 Å². The number of carbonyl (C=O) groups is 2. The van der Waals surface area contributed by atoms with Gasteiger partial charge in [-0.2, -0.15) is 0 Å². The molecule has 0 aliphatic carbocycles. The number of nitrogens with one attached hydrogen (secondary N) is 2. The third-order valence-electron chi connectivity index (χ3n) is 4.86. The summed E-state index contributed by atoms with van der Waals surface area (Å²) in [5.41, 5.74) is 2.69. The van der Waals surface area contributed by atoms with E-state index in [0.29, 0.717) is 22.6 Å². The van der Waals surface area contributed by atoms with Gasteiger partial charge in [0.2, 0.25) is 0 Å². The van der Waals surface area contributed by atoms with Crippen LogP contribution in [0, 0.1) is 0 Å². The van der Waals surface area contributed by atoms with Crippen LogP contribution < -0.4 is 10.1 Å². The van der Waals surface area contributed by atoms with Gasteiger partial charge in [0.05, 0.1) is 10.6 Å². The van der Waals surface area contributed by atoms with E-state index in [1.165, 1.54) is 11.3 Å². The summed E-state index contributed by atoms with van der Waals surface area (Å²) in [6.45, 7) is 0. The average Bonchev–Trinajstić information content (AvgIpc) is 3.44. The molecule has 1 aliphatic rings. The maximum absolute atomic E-state index is 12.7. The lowest BCUT2D eigenvalue weighted by molar-refractivity contribution is -0.122. The molecule has 3 aromatic heterocycles. The number of pyridine rings is 1. The fourth-order valence-electron chi connectivity index (χ4n) is 3.48. The number of anilines is 1. The third kappa shape index (κ3) is 3.03. The van der Waals surface area contributed by atoms with Crippen LogP contribution in [0.2, 0.25) is 0 Å². The zero-order valence-corrected chi connectivity index (χ0v) is 15.8. The van der Waals surface area contributed by atoms with Crippen molar-refractivity contribution >= 4 is 39.9 Å². The Morgan fingerprint density at radius 1 is 1.28 bits per heavy atom. The Morgan fingerprint density at radius 3 is 2.97 bits per heavy atom. The summed E-state index contributed by atoms with van der Waals surface area (Å²) in [4.78, 5) is 32.5. The van der Waals surface area contributed by atoms with Gasteiger partial charge in [0, 0.05) is 35.1 Å². The van der Waals surface area contributed by atoms with Gasteiger partial charge in [0.25, 0.3) is 5.91 Å². The highest BCUT2D eigenvalue weighted by atomic mass is 32.1. The SMILES string of the molecule is O=C(O)c1c(NC(=O)C2Cc3ccccc3O2)csc1-c1cnc2[nH]ccc2c1. The third-order valence-corrected chi connectivity index (χ3v) is 5.89. The number of H-pyrrole nitrogens is 1. The first-order chi connectivity index (χ1) is 14.1. The van der Waals surface area contributed by atoms with E-state index in [0.717, 1.165) is 16.6 Å². The van der Waals surface area contributed by atoms with Gasteiger partial charge in [-0.15, -0.1) is 11.3 Å². The van der Waals surface area contributed by atoms with Crippen molar-refractivity contribution < 1.29 is 19.4 Å². The molecule has 4 aromatic rings. The maximum Gasteiger partial charge on any atom is 0.339 e. The molecule has 0 spiro atoms. The Morgan fingerprint density at radius 2 is 2.14 bits per heavy atom. The number of nitrogens with zero attached hydrogens (tertiary/aromatic N) is 1. The number of aromatic nitrogens is 2. The fourth-order valence-corrected chi connectivity index (χ4v) is 4.46. The molecule has 0 bridgehead atoms. The van der Waals surface area contributed by atoms with Crippen molar-refractivity contribution in [3.05, 3.63) is 65.3 Å². The highest BCUT2D eigenvalue weighted by molar-refractivity contribution is 7.14. The van der Waals surface area contributed by atoms with E-state index in [2.05, 4.69) is 15.3 Å². The van der Waals surface area contributed by atoms with Gasteiger partial charge >= 0.3 is 5.97 Å². The van der Waals surface area contributed by atoms with Crippen LogP contribution >= 0.6 is 11.3 Å². The van der Waals surface area contributed by atoms with E-state index < -0.39 is 12.1 Å². The summed E-state index contributed by atoms with van der Waals surface area (Å²) in [5, 5.41) is 15.0. The largest absolute Gasteiger partial charge is 0.480 e. The Labute approximate surface area is 169 Å². The molecular weight excluding hydrogens is 390 g/mol. The van der Waals surface area contributed by atoms with Crippen LogP contribution in [-0.2, 0) is 11.2 Å². The molecule has 8 heteroatoms. The second kappa shape index (κ2) is 6.75. The van der Waals surface area contributed by atoms with Crippen molar-refractivity contribution in [2.45, 2.75) is 12.5 Å². The van der Waals surface area contributed by atoms with Crippen LogP contribution in [0.25, 0.3) is 21.5 Å². The van der Waals surface area contributed by atoms with Gasteiger partial charge in [-0.25, -0.2) is 9.78 Å². The van der Waals surface area contributed by atoms with Gasteiger partial charge < -0.3 is 20.1 Å². The van der Waals surface area contributed by atoms with Crippen LogP contribution in [-0.4, -0.2) is 33.1 Å². The van der Waals surface area contributed by atoms with E-state index in [4.69, 9.17) is 4.74 Å². The normalized spacial score (nSPS) is 15.1. The van der Waals surface area contributed by atoms with Crippen LogP contribution in [0.1, 0.15) is 15.9 Å². The number of carbonyl (C=O) groups excluding carboxylic acids is 1. The summed E-state index contributed by atoms with van der Waals surface area (Å²) in [6, 6.07) is 11.2. The molecule has 0 saturated heterocycles. The zero-order chi connectivity index (χ0) is 20.0. The molecule has 144 valence electrons. The van der Waals surface area contributed by atoms with Crippen LogP contribution in [0.3, 0.4) is 0 Å². The average molecular weight is 405 g/mol. The number of carboxylic acid groups (broad SMARTS) is 1. The van der Waals surface area contributed by atoms with Crippen molar-refractivity contribution in [2.24, 2.45) is 0 Å². The number of benzene rings is 1. The summed E-state index contributed by atoms with van der Waals surface area (Å²) >= 11 is 1.25. The van der Waals surface area contributed by atoms with Crippen LogP contribution in [0.5, 0.6) is 5.75 Å². The molecule has 3 N–H and O–H groups in total. The number of para-hydroxylation sites is 1. The Hall–Kier alpha value is -3.65. The molecular formula is C21H15N3O4S. The highest BCUT2D eigenvalue weighted by Gasteiger charge is 2.30. The molecule has 0 radical (unpaired) electrons. The second-order valence-electron chi connectivity index (χ2n) is 6.71. The highest BCUT2D eigenvalue weighted by Crippen LogP contribution is 2.37. The molecule has 1 unspecified atom stereocenters. The first-order valence-corrected chi connectivity index (χ1v) is 9.82. The number of fused-ring (bicyclic) bond motifs is 2. The molecule has 1 amide bonds. The molecule has 1 aliphatic heterocycles. The molecule has 5 rings (SSSR count). The van der Waals surface area contributed by atoms with E-state index in [1.54, 1.807) is 17.8 Å². The summed E-state index contributed by atoms with van der Waals surface area (Å²) in [6.07, 6.45) is 3.17.